The molecule has 2 aromatic carbocycles. The lowest BCUT2D eigenvalue weighted by Crippen LogP contribution is -2.50. The number of sulfonamides is 1. The summed E-state index contributed by atoms with van der Waals surface area (Å²) in [6, 6.07) is 14.9. The van der Waals surface area contributed by atoms with Gasteiger partial charge in [-0.05, 0) is 50.6 Å². The molecule has 3 aromatic rings. The molecule has 33 heavy (non-hydrogen) atoms. The van der Waals surface area contributed by atoms with Gasteiger partial charge in [0.2, 0.25) is 15.9 Å². The Balaban J connectivity index is 1.37. The summed E-state index contributed by atoms with van der Waals surface area (Å²) in [5.74, 6) is 0.934. The first-order valence-corrected chi connectivity index (χ1v) is 13.1. The molecular weight excluding hydrogens is 458 g/mol. The summed E-state index contributed by atoms with van der Waals surface area (Å²) in [7, 11) is -3.55. The van der Waals surface area contributed by atoms with Gasteiger partial charge in [-0.3, -0.25) is 9.36 Å². The maximum absolute atomic E-state index is 12.9. The van der Waals surface area contributed by atoms with Crippen LogP contribution in [0, 0.1) is 20.8 Å². The van der Waals surface area contributed by atoms with Gasteiger partial charge in [0, 0.05) is 31.9 Å². The van der Waals surface area contributed by atoms with Crippen molar-refractivity contribution in [1.29, 1.82) is 0 Å². The van der Waals surface area contributed by atoms with Crippen molar-refractivity contribution in [2.24, 2.45) is 0 Å². The first kappa shape index (κ1) is 23.5. The second-order valence-electron chi connectivity index (χ2n) is 8.09. The number of carbonyl (C=O) groups is 1. The van der Waals surface area contributed by atoms with E-state index in [1.54, 1.807) is 29.2 Å². The predicted octanol–water partition coefficient (Wildman–Crippen LogP) is 2.82. The summed E-state index contributed by atoms with van der Waals surface area (Å²) in [5, 5.41) is 9.08. The second-order valence-corrected chi connectivity index (χ2v) is 11.0. The summed E-state index contributed by atoms with van der Waals surface area (Å²) < 4.78 is 29.2. The van der Waals surface area contributed by atoms with Gasteiger partial charge in [0.25, 0.3) is 0 Å². The highest BCUT2D eigenvalue weighted by Gasteiger charge is 2.30. The largest absolute Gasteiger partial charge is 0.339 e. The Bertz CT molecular complexity index is 1250. The Hall–Kier alpha value is -2.69. The van der Waals surface area contributed by atoms with Crippen LogP contribution in [0.1, 0.15) is 17.0 Å². The van der Waals surface area contributed by atoms with Crippen LogP contribution < -0.4 is 0 Å². The third kappa shape index (κ3) is 5.13. The van der Waals surface area contributed by atoms with Gasteiger partial charge in [0.1, 0.15) is 5.82 Å². The minimum Gasteiger partial charge on any atom is -0.339 e. The van der Waals surface area contributed by atoms with E-state index in [-0.39, 0.29) is 29.6 Å². The van der Waals surface area contributed by atoms with Crippen LogP contribution in [-0.2, 0) is 14.8 Å². The van der Waals surface area contributed by atoms with E-state index in [0.717, 1.165) is 22.6 Å². The molecule has 2 heterocycles. The molecule has 1 aromatic heterocycles. The minimum absolute atomic E-state index is 0.0381. The van der Waals surface area contributed by atoms with Crippen LogP contribution >= 0.6 is 11.8 Å². The summed E-state index contributed by atoms with van der Waals surface area (Å²) >= 11 is 1.34. The minimum atomic E-state index is -3.55. The number of rotatable bonds is 6. The number of benzene rings is 2. The van der Waals surface area contributed by atoms with Gasteiger partial charge >= 0.3 is 0 Å². The van der Waals surface area contributed by atoms with Crippen molar-refractivity contribution in [3.63, 3.8) is 0 Å². The van der Waals surface area contributed by atoms with E-state index < -0.39 is 10.0 Å². The number of hydrogen-bond donors (Lipinski definition) is 0. The van der Waals surface area contributed by atoms with Gasteiger partial charge in [-0.25, -0.2) is 8.42 Å². The third-order valence-electron chi connectivity index (χ3n) is 5.63. The Labute approximate surface area is 198 Å². The Morgan fingerprint density at radius 2 is 1.64 bits per heavy atom. The predicted molar refractivity (Wildman–Crippen MR) is 128 cm³/mol. The lowest BCUT2D eigenvalue weighted by atomic mass is 10.2. The van der Waals surface area contributed by atoms with Crippen molar-refractivity contribution in [3.8, 4) is 5.69 Å². The molecule has 0 aliphatic carbocycles. The molecule has 1 fully saturated rings. The van der Waals surface area contributed by atoms with Crippen molar-refractivity contribution in [3.05, 3.63) is 65.5 Å². The van der Waals surface area contributed by atoms with Gasteiger partial charge in [-0.2, -0.15) is 4.31 Å². The van der Waals surface area contributed by atoms with Crippen LogP contribution in [0.2, 0.25) is 0 Å². The van der Waals surface area contributed by atoms with E-state index in [1.165, 1.54) is 16.1 Å². The molecule has 0 bridgehead atoms. The molecule has 1 amide bonds. The number of nitrogens with zero attached hydrogens (tertiary/aromatic N) is 5. The number of carbonyl (C=O) groups excluding carboxylic acids is 1. The zero-order chi connectivity index (χ0) is 23.6. The molecule has 0 unspecified atom stereocenters. The summed E-state index contributed by atoms with van der Waals surface area (Å²) in [6.45, 7) is 7.13. The second kappa shape index (κ2) is 9.66. The van der Waals surface area contributed by atoms with Gasteiger partial charge in [-0.1, -0.05) is 41.6 Å². The number of aromatic nitrogens is 3. The molecule has 0 radical (unpaired) electrons. The normalized spacial score (nSPS) is 15.1. The van der Waals surface area contributed by atoms with Crippen LogP contribution in [0.25, 0.3) is 5.69 Å². The van der Waals surface area contributed by atoms with Crippen molar-refractivity contribution in [2.75, 3.05) is 31.9 Å². The number of aryl methyl sites for hydroxylation is 3. The third-order valence-corrected chi connectivity index (χ3v) is 8.46. The highest BCUT2D eigenvalue weighted by atomic mass is 32.2. The van der Waals surface area contributed by atoms with Crippen LogP contribution in [-0.4, -0.2) is 70.2 Å². The molecule has 8 nitrogen and oxygen atoms in total. The summed E-state index contributed by atoms with van der Waals surface area (Å²) in [4.78, 5) is 14.8. The SMILES string of the molecule is Cc1ccc(S(=O)(=O)N2CCN(C(=O)CSc3nnc(C)n3-c3cccc(C)c3)CC2)cc1. The maximum Gasteiger partial charge on any atom is 0.243 e. The van der Waals surface area contributed by atoms with E-state index in [2.05, 4.69) is 16.3 Å². The van der Waals surface area contributed by atoms with Crippen molar-refractivity contribution >= 4 is 27.7 Å². The van der Waals surface area contributed by atoms with Gasteiger partial charge in [-0.15, -0.1) is 10.2 Å². The average molecular weight is 486 g/mol. The molecule has 0 spiro atoms. The molecule has 4 rings (SSSR count). The number of thioether (sulfide) groups is 1. The lowest BCUT2D eigenvalue weighted by Gasteiger charge is -2.34. The highest BCUT2D eigenvalue weighted by Crippen LogP contribution is 2.23. The molecule has 0 atom stereocenters. The average Bonchev–Trinajstić information content (AvgIpc) is 3.18. The summed E-state index contributed by atoms with van der Waals surface area (Å²) in [6.07, 6.45) is 0. The monoisotopic (exact) mass is 485 g/mol. The summed E-state index contributed by atoms with van der Waals surface area (Å²) in [5.41, 5.74) is 3.10. The molecule has 1 aliphatic rings. The molecule has 10 heteroatoms. The number of amides is 1. The van der Waals surface area contributed by atoms with E-state index in [1.807, 2.05) is 43.5 Å². The first-order valence-electron chi connectivity index (χ1n) is 10.7. The fourth-order valence-corrected chi connectivity index (χ4v) is 6.08. The van der Waals surface area contributed by atoms with Crippen LogP contribution in [0.4, 0.5) is 0 Å². The number of piperazine rings is 1. The topological polar surface area (TPSA) is 88.4 Å². The first-order chi connectivity index (χ1) is 15.8. The van der Waals surface area contributed by atoms with Gasteiger partial charge in [0.05, 0.1) is 10.6 Å². The van der Waals surface area contributed by atoms with Crippen molar-refractivity contribution in [2.45, 2.75) is 30.8 Å². The van der Waals surface area contributed by atoms with E-state index >= 15 is 0 Å². The van der Waals surface area contributed by atoms with Crippen LogP contribution in [0.15, 0.2) is 58.6 Å². The lowest BCUT2D eigenvalue weighted by molar-refractivity contribution is -0.129. The van der Waals surface area contributed by atoms with Crippen LogP contribution in [0.5, 0.6) is 0 Å². The fourth-order valence-electron chi connectivity index (χ4n) is 3.76. The van der Waals surface area contributed by atoms with E-state index in [0.29, 0.717) is 18.2 Å². The Morgan fingerprint density at radius 1 is 0.939 bits per heavy atom. The van der Waals surface area contributed by atoms with Gasteiger partial charge in [0.15, 0.2) is 5.16 Å². The number of hydrogen-bond acceptors (Lipinski definition) is 6. The van der Waals surface area contributed by atoms with Crippen LogP contribution in [0.3, 0.4) is 0 Å². The fraction of sp³-hybridized carbons (Fsp3) is 0.348. The molecule has 0 N–H and O–H groups in total. The smallest absolute Gasteiger partial charge is 0.243 e. The molecule has 174 valence electrons. The van der Waals surface area contributed by atoms with Gasteiger partial charge < -0.3 is 4.90 Å². The Morgan fingerprint density at radius 3 is 2.30 bits per heavy atom. The van der Waals surface area contributed by atoms with E-state index in [4.69, 9.17) is 0 Å². The maximum atomic E-state index is 12.9. The highest BCUT2D eigenvalue weighted by molar-refractivity contribution is 7.99. The molecule has 0 saturated carbocycles. The van der Waals surface area contributed by atoms with Crippen molar-refractivity contribution in [1.82, 2.24) is 24.0 Å². The van der Waals surface area contributed by atoms with E-state index in [9.17, 15) is 13.2 Å². The molecule has 1 saturated heterocycles. The standard InChI is InChI=1S/C23H27N5O3S2/c1-17-7-9-21(10-8-17)33(30,31)27-13-11-26(12-14-27)22(29)16-32-23-25-24-19(3)28(23)20-6-4-5-18(2)15-20/h4-10,15H,11-14,16H2,1-3H3. The molecular formula is C23H27N5O3S2. The zero-order valence-electron chi connectivity index (χ0n) is 18.9. The zero-order valence-corrected chi connectivity index (χ0v) is 20.6. The Kier molecular flexibility index (Phi) is 6.87. The quantitative estimate of drug-likeness (QED) is 0.499. The van der Waals surface area contributed by atoms with Crippen molar-refractivity contribution < 1.29 is 13.2 Å². The molecule has 1 aliphatic heterocycles.